The van der Waals surface area contributed by atoms with Gasteiger partial charge >= 0.3 is 0 Å². The fraction of sp³-hybridized carbons (Fsp3) is 0.625. The summed E-state index contributed by atoms with van der Waals surface area (Å²) in [7, 11) is 0. The molecule has 0 radical (unpaired) electrons. The molecule has 2 nitrogen and oxygen atoms in total. The van der Waals surface area contributed by atoms with Crippen LogP contribution in [0.4, 0.5) is 0 Å². The predicted octanol–water partition coefficient (Wildman–Crippen LogP) is 3.26. The largest absolute Gasteiger partial charge is 0.389 e. The van der Waals surface area contributed by atoms with E-state index in [0.29, 0.717) is 12.6 Å². The number of rotatable bonds is 4. The first kappa shape index (κ1) is 13.6. The zero-order chi connectivity index (χ0) is 13.2. The third kappa shape index (κ3) is 3.33. The number of hydrogen-bond donors (Lipinski definition) is 2. The number of aryl methyl sites for hydroxylation is 2. The minimum Gasteiger partial charge on any atom is -0.389 e. The number of nitrogens with one attached hydrogen (secondary N) is 1. The van der Waals surface area contributed by atoms with E-state index in [1.807, 2.05) is 0 Å². The highest BCUT2D eigenvalue weighted by molar-refractivity contribution is 5.30. The van der Waals surface area contributed by atoms with Crippen molar-refractivity contribution in [3.05, 3.63) is 34.9 Å². The minimum absolute atomic E-state index is 0.299. The van der Waals surface area contributed by atoms with Crippen molar-refractivity contribution >= 4 is 0 Å². The Hall–Kier alpha value is -0.860. The molecule has 1 aliphatic rings. The first-order chi connectivity index (χ1) is 8.48. The van der Waals surface area contributed by atoms with Gasteiger partial charge in [-0.05, 0) is 39.2 Å². The highest BCUT2D eigenvalue weighted by Gasteiger charge is 2.30. The van der Waals surface area contributed by atoms with Gasteiger partial charge in [-0.1, -0.05) is 42.2 Å². The fourth-order valence-corrected chi connectivity index (χ4v) is 2.93. The summed E-state index contributed by atoms with van der Waals surface area (Å²) in [5, 5.41) is 13.8. The van der Waals surface area contributed by atoms with Crippen LogP contribution in [-0.2, 0) is 0 Å². The van der Waals surface area contributed by atoms with Gasteiger partial charge in [0.15, 0.2) is 0 Å². The highest BCUT2D eigenvalue weighted by atomic mass is 16.3. The summed E-state index contributed by atoms with van der Waals surface area (Å²) < 4.78 is 0. The molecule has 2 rings (SSSR count). The lowest BCUT2D eigenvalue weighted by Crippen LogP contribution is -2.39. The maximum Gasteiger partial charge on any atom is 0.0771 e. The molecule has 1 aromatic carbocycles. The van der Waals surface area contributed by atoms with Crippen LogP contribution in [-0.4, -0.2) is 17.3 Å². The van der Waals surface area contributed by atoms with Gasteiger partial charge in [0, 0.05) is 12.6 Å². The Bertz CT molecular complexity index is 387. The van der Waals surface area contributed by atoms with Gasteiger partial charge in [0.25, 0.3) is 0 Å². The van der Waals surface area contributed by atoms with Crippen LogP contribution in [0.3, 0.4) is 0 Å². The molecule has 1 saturated carbocycles. The smallest absolute Gasteiger partial charge is 0.0771 e. The van der Waals surface area contributed by atoms with Crippen molar-refractivity contribution < 1.29 is 5.11 Å². The van der Waals surface area contributed by atoms with Crippen molar-refractivity contribution in [2.45, 2.75) is 58.1 Å². The van der Waals surface area contributed by atoms with Crippen molar-refractivity contribution in [3.8, 4) is 0 Å². The zero-order valence-corrected chi connectivity index (χ0v) is 11.8. The van der Waals surface area contributed by atoms with Gasteiger partial charge in [-0.15, -0.1) is 0 Å². The standard InChI is InChI=1S/C16H25NO/c1-12-8-13(2)10-15(9-12)14(3)17-11-16(18)6-4-5-7-16/h8-10,14,17-18H,4-7,11H2,1-3H3. The molecule has 18 heavy (non-hydrogen) atoms. The highest BCUT2D eigenvalue weighted by Crippen LogP contribution is 2.29. The summed E-state index contributed by atoms with van der Waals surface area (Å²) in [5.41, 5.74) is 3.46. The maximum atomic E-state index is 10.3. The van der Waals surface area contributed by atoms with Crippen LogP contribution < -0.4 is 5.32 Å². The van der Waals surface area contributed by atoms with Gasteiger partial charge in [-0.25, -0.2) is 0 Å². The molecule has 0 aliphatic heterocycles. The van der Waals surface area contributed by atoms with Crippen molar-refractivity contribution in [1.29, 1.82) is 0 Å². The molecule has 1 fully saturated rings. The van der Waals surface area contributed by atoms with Gasteiger partial charge in [0.05, 0.1) is 5.60 Å². The second-order valence-electron chi connectivity index (χ2n) is 5.96. The van der Waals surface area contributed by atoms with Crippen LogP contribution in [0.1, 0.15) is 55.3 Å². The molecule has 0 heterocycles. The molecule has 0 bridgehead atoms. The second kappa shape index (κ2) is 5.41. The van der Waals surface area contributed by atoms with Crippen LogP contribution >= 0.6 is 0 Å². The lowest BCUT2D eigenvalue weighted by atomic mass is 9.99. The van der Waals surface area contributed by atoms with Crippen LogP contribution in [0.25, 0.3) is 0 Å². The van der Waals surface area contributed by atoms with E-state index in [1.54, 1.807) is 0 Å². The van der Waals surface area contributed by atoms with E-state index in [0.717, 1.165) is 25.7 Å². The Labute approximate surface area is 110 Å². The van der Waals surface area contributed by atoms with E-state index >= 15 is 0 Å². The number of benzene rings is 1. The summed E-state index contributed by atoms with van der Waals surface area (Å²) in [5.74, 6) is 0. The Morgan fingerprint density at radius 2 is 1.72 bits per heavy atom. The Balaban J connectivity index is 1.96. The quantitative estimate of drug-likeness (QED) is 0.856. The van der Waals surface area contributed by atoms with E-state index in [4.69, 9.17) is 0 Å². The molecule has 0 spiro atoms. The van der Waals surface area contributed by atoms with Crippen molar-refractivity contribution in [1.82, 2.24) is 5.32 Å². The van der Waals surface area contributed by atoms with Crippen molar-refractivity contribution in [2.24, 2.45) is 0 Å². The molecule has 1 aromatic rings. The van der Waals surface area contributed by atoms with Crippen LogP contribution in [0.2, 0.25) is 0 Å². The lowest BCUT2D eigenvalue weighted by Gasteiger charge is -2.25. The Morgan fingerprint density at radius 1 is 1.17 bits per heavy atom. The van der Waals surface area contributed by atoms with E-state index < -0.39 is 5.60 Å². The minimum atomic E-state index is -0.465. The first-order valence-corrected chi connectivity index (χ1v) is 7.02. The monoisotopic (exact) mass is 247 g/mol. The molecular formula is C16H25NO. The van der Waals surface area contributed by atoms with E-state index in [2.05, 4.69) is 44.3 Å². The topological polar surface area (TPSA) is 32.3 Å². The summed E-state index contributed by atoms with van der Waals surface area (Å²) >= 11 is 0. The molecule has 1 unspecified atom stereocenters. The molecule has 0 aromatic heterocycles. The molecule has 1 atom stereocenters. The SMILES string of the molecule is Cc1cc(C)cc(C(C)NCC2(O)CCCC2)c1. The summed E-state index contributed by atoms with van der Waals surface area (Å²) in [6, 6.07) is 6.95. The van der Waals surface area contributed by atoms with Crippen LogP contribution in [0, 0.1) is 13.8 Å². The lowest BCUT2D eigenvalue weighted by molar-refractivity contribution is 0.0453. The van der Waals surface area contributed by atoms with E-state index in [1.165, 1.54) is 16.7 Å². The average molecular weight is 247 g/mol. The van der Waals surface area contributed by atoms with Crippen LogP contribution in [0.5, 0.6) is 0 Å². The zero-order valence-electron chi connectivity index (χ0n) is 11.8. The van der Waals surface area contributed by atoms with Gasteiger partial charge in [-0.3, -0.25) is 0 Å². The Morgan fingerprint density at radius 3 is 2.28 bits per heavy atom. The van der Waals surface area contributed by atoms with Gasteiger partial charge in [0.2, 0.25) is 0 Å². The van der Waals surface area contributed by atoms with Crippen molar-refractivity contribution in [3.63, 3.8) is 0 Å². The predicted molar refractivity (Wildman–Crippen MR) is 75.8 cm³/mol. The average Bonchev–Trinajstić information content (AvgIpc) is 2.72. The van der Waals surface area contributed by atoms with E-state index in [9.17, 15) is 5.11 Å². The summed E-state index contributed by atoms with van der Waals surface area (Å²) in [6.45, 7) is 7.15. The normalized spacial score (nSPS) is 20.0. The van der Waals surface area contributed by atoms with Gasteiger partial charge < -0.3 is 10.4 Å². The Kier molecular flexibility index (Phi) is 4.08. The third-order valence-corrected chi connectivity index (χ3v) is 4.02. The summed E-state index contributed by atoms with van der Waals surface area (Å²) in [4.78, 5) is 0. The summed E-state index contributed by atoms with van der Waals surface area (Å²) in [6.07, 6.45) is 4.21. The molecule has 2 N–H and O–H groups in total. The number of aliphatic hydroxyl groups is 1. The molecule has 100 valence electrons. The van der Waals surface area contributed by atoms with Crippen LogP contribution in [0.15, 0.2) is 18.2 Å². The van der Waals surface area contributed by atoms with Gasteiger partial charge in [0.1, 0.15) is 0 Å². The second-order valence-corrected chi connectivity index (χ2v) is 5.96. The van der Waals surface area contributed by atoms with Crippen molar-refractivity contribution in [2.75, 3.05) is 6.54 Å². The molecular weight excluding hydrogens is 222 g/mol. The van der Waals surface area contributed by atoms with Gasteiger partial charge in [-0.2, -0.15) is 0 Å². The first-order valence-electron chi connectivity index (χ1n) is 7.02. The number of hydrogen-bond acceptors (Lipinski definition) is 2. The molecule has 1 aliphatic carbocycles. The molecule has 0 saturated heterocycles. The third-order valence-electron chi connectivity index (χ3n) is 4.02. The molecule has 2 heteroatoms. The van der Waals surface area contributed by atoms with E-state index in [-0.39, 0.29) is 0 Å². The maximum absolute atomic E-state index is 10.3. The molecule has 0 amide bonds. The fourth-order valence-electron chi connectivity index (χ4n) is 2.93.